The molecule has 6 nitrogen and oxygen atoms in total. The lowest BCUT2D eigenvalue weighted by molar-refractivity contribution is 0.0384. The second-order valence-corrected chi connectivity index (χ2v) is 4.19. The number of aryl methyl sites for hydroxylation is 1. The third kappa shape index (κ3) is 4.41. The van der Waals surface area contributed by atoms with E-state index in [4.69, 9.17) is 9.26 Å². The second-order valence-electron chi connectivity index (χ2n) is 4.19. The van der Waals surface area contributed by atoms with Gasteiger partial charge in [-0.25, -0.2) is 0 Å². The van der Waals surface area contributed by atoms with Crippen LogP contribution in [0.5, 0.6) is 0 Å². The Labute approximate surface area is 101 Å². The lowest BCUT2D eigenvalue weighted by atomic mass is 10.4. The average Bonchev–Trinajstić information content (AvgIpc) is 2.76. The van der Waals surface area contributed by atoms with E-state index in [2.05, 4.69) is 20.4 Å². The Hall–Kier alpha value is -0.980. The van der Waals surface area contributed by atoms with Crippen molar-refractivity contribution in [2.24, 2.45) is 0 Å². The molecule has 0 aliphatic carbocycles. The van der Waals surface area contributed by atoms with Crippen molar-refractivity contribution in [2.45, 2.75) is 13.3 Å². The van der Waals surface area contributed by atoms with Crippen LogP contribution in [0.3, 0.4) is 0 Å². The van der Waals surface area contributed by atoms with E-state index in [1.54, 1.807) is 0 Å². The smallest absolute Gasteiger partial charge is 0.227 e. The molecule has 1 aromatic rings. The molecule has 2 rings (SSSR count). The Kier molecular flexibility index (Phi) is 4.90. The third-order valence-electron chi connectivity index (χ3n) is 2.79. The summed E-state index contributed by atoms with van der Waals surface area (Å²) in [6.45, 7) is 8.60. The lowest BCUT2D eigenvalue weighted by Crippen LogP contribution is -2.40. The largest absolute Gasteiger partial charge is 0.379 e. The molecule has 1 N–H and O–H groups in total. The first-order chi connectivity index (χ1) is 8.34. The molecule has 17 heavy (non-hydrogen) atoms. The number of rotatable bonds is 6. The van der Waals surface area contributed by atoms with Gasteiger partial charge in [-0.2, -0.15) is 4.98 Å². The predicted molar refractivity (Wildman–Crippen MR) is 62.9 cm³/mol. The van der Waals surface area contributed by atoms with Crippen LogP contribution in [0.15, 0.2) is 4.52 Å². The summed E-state index contributed by atoms with van der Waals surface area (Å²) in [7, 11) is 0. The molecule has 6 heteroatoms. The van der Waals surface area contributed by atoms with Gasteiger partial charge >= 0.3 is 0 Å². The average molecular weight is 240 g/mol. The minimum atomic E-state index is 0.702. The molecule has 0 radical (unpaired) electrons. The SMILES string of the molecule is Cc1noc(CCNCCN2CCOCC2)n1. The van der Waals surface area contributed by atoms with Gasteiger partial charge in [0.05, 0.1) is 13.2 Å². The molecule has 0 bridgehead atoms. The first-order valence-corrected chi connectivity index (χ1v) is 6.14. The fraction of sp³-hybridized carbons (Fsp3) is 0.818. The van der Waals surface area contributed by atoms with Crippen LogP contribution in [0.4, 0.5) is 0 Å². The van der Waals surface area contributed by atoms with Gasteiger partial charge in [0.1, 0.15) is 0 Å². The van der Waals surface area contributed by atoms with Crippen LogP contribution in [-0.4, -0.2) is 61.0 Å². The van der Waals surface area contributed by atoms with E-state index < -0.39 is 0 Å². The molecule has 0 atom stereocenters. The number of ether oxygens (including phenoxy) is 1. The highest BCUT2D eigenvalue weighted by Gasteiger charge is 2.09. The van der Waals surface area contributed by atoms with Crippen molar-refractivity contribution in [3.63, 3.8) is 0 Å². The van der Waals surface area contributed by atoms with Crippen molar-refractivity contribution in [3.8, 4) is 0 Å². The van der Waals surface area contributed by atoms with E-state index >= 15 is 0 Å². The summed E-state index contributed by atoms with van der Waals surface area (Å²) in [6, 6.07) is 0. The van der Waals surface area contributed by atoms with E-state index in [0.29, 0.717) is 11.7 Å². The van der Waals surface area contributed by atoms with Gasteiger partial charge in [-0.1, -0.05) is 5.16 Å². The number of hydrogen-bond donors (Lipinski definition) is 1. The highest BCUT2D eigenvalue weighted by Crippen LogP contribution is 1.96. The monoisotopic (exact) mass is 240 g/mol. The van der Waals surface area contributed by atoms with Crippen LogP contribution in [-0.2, 0) is 11.2 Å². The molecule has 1 saturated heterocycles. The maximum absolute atomic E-state index is 5.30. The van der Waals surface area contributed by atoms with Gasteiger partial charge in [0.2, 0.25) is 5.89 Å². The third-order valence-corrected chi connectivity index (χ3v) is 2.79. The van der Waals surface area contributed by atoms with Gasteiger partial charge < -0.3 is 14.6 Å². The fourth-order valence-corrected chi connectivity index (χ4v) is 1.82. The van der Waals surface area contributed by atoms with Crippen molar-refractivity contribution >= 4 is 0 Å². The van der Waals surface area contributed by atoms with Gasteiger partial charge in [0.15, 0.2) is 5.82 Å². The summed E-state index contributed by atoms with van der Waals surface area (Å²) >= 11 is 0. The molecule has 0 spiro atoms. The topological polar surface area (TPSA) is 63.4 Å². The van der Waals surface area contributed by atoms with Crippen LogP contribution in [0.25, 0.3) is 0 Å². The maximum Gasteiger partial charge on any atom is 0.227 e. The summed E-state index contributed by atoms with van der Waals surface area (Å²) in [4.78, 5) is 6.56. The van der Waals surface area contributed by atoms with Crippen LogP contribution >= 0.6 is 0 Å². The lowest BCUT2D eigenvalue weighted by Gasteiger charge is -2.26. The van der Waals surface area contributed by atoms with Crippen molar-refractivity contribution < 1.29 is 9.26 Å². The standard InChI is InChI=1S/C11H20N4O2/c1-10-13-11(17-14-10)2-3-12-4-5-15-6-8-16-9-7-15/h12H,2-9H2,1H3. The first-order valence-electron chi connectivity index (χ1n) is 6.14. The quantitative estimate of drug-likeness (QED) is 0.697. The Bertz CT molecular complexity index is 323. The minimum Gasteiger partial charge on any atom is -0.379 e. The molecule has 1 aromatic heterocycles. The summed E-state index contributed by atoms with van der Waals surface area (Å²) in [5.74, 6) is 1.41. The Morgan fingerprint density at radius 2 is 2.12 bits per heavy atom. The molecular weight excluding hydrogens is 220 g/mol. The molecule has 0 aromatic carbocycles. The first kappa shape index (κ1) is 12.5. The number of aromatic nitrogens is 2. The van der Waals surface area contributed by atoms with Crippen LogP contribution in [0.1, 0.15) is 11.7 Å². The summed E-state index contributed by atoms with van der Waals surface area (Å²) in [6.07, 6.45) is 0.796. The maximum atomic E-state index is 5.30. The molecule has 0 saturated carbocycles. The molecular formula is C11H20N4O2. The number of morpholine rings is 1. The number of hydrogen-bond acceptors (Lipinski definition) is 6. The highest BCUT2D eigenvalue weighted by molar-refractivity contribution is 4.83. The Balaban J connectivity index is 1.51. The normalized spacial score (nSPS) is 17.5. The van der Waals surface area contributed by atoms with Crippen LogP contribution in [0.2, 0.25) is 0 Å². The number of nitrogens with zero attached hydrogens (tertiary/aromatic N) is 3. The zero-order valence-corrected chi connectivity index (χ0v) is 10.3. The van der Waals surface area contributed by atoms with Crippen molar-refractivity contribution in [2.75, 3.05) is 45.9 Å². The fourth-order valence-electron chi connectivity index (χ4n) is 1.82. The second kappa shape index (κ2) is 6.68. The zero-order valence-electron chi connectivity index (χ0n) is 10.3. The van der Waals surface area contributed by atoms with Crippen molar-refractivity contribution in [1.82, 2.24) is 20.4 Å². The molecule has 2 heterocycles. The Morgan fingerprint density at radius 1 is 1.29 bits per heavy atom. The molecule has 1 aliphatic heterocycles. The minimum absolute atomic E-state index is 0.702. The summed E-state index contributed by atoms with van der Waals surface area (Å²) in [5.41, 5.74) is 0. The van der Waals surface area contributed by atoms with E-state index in [1.165, 1.54) is 0 Å². The summed E-state index contributed by atoms with van der Waals surface area (Å²) < 4.78 is 10.3. The van der Waals surface area contributed by atoms with Gasteiger partial charge in [0.25, 0.3) is 0 Å². The zero-order chi connectivity index (χ0) is 11.9. The highest BCUT2D eigenvalue weighted by atomic mass is 16.5. The van der Waals surface area contributed by atoms with Gasteiger partial charge in [-0.3, -0.25) is 4.90 Å². The van der Waals surface area contributed by atoms with Gasteiger partial charge in [-0.15, -0.1) is 0 Å². The van der Waals surface area contributed by atoms with Gasteiger partial charge in [0, 0.05) is 39.1 Å². The van der Waals surface area contributed by atoms with Crippen molar-refractivity contribution in [1.29, 1.82) is 0 Å². The van der Waals surface area contributed by atoms with Gasteiger partial charge in [-0.05, 0) is 6.92 Å². The van der Waals surface area contributed by atoms with E-state index in [1.807, 2.05) is 6.92 Å². The predicted octanol–water partition coefficient (Wildman–Crippen LogP) is -0.158. The van der Waals surface area contributed by atoms with E-state index in [0.717, 1.165) is 52.4 Å². The molecule has 0 unspecified atom stereocenters. The molecule has 1 aliphatic rings. The van der Waals surface area contributed by atoms with Crippen LogP contribution < -0.4 is 5.32 Å². The van der Waals surface area contributed by atoms with Crippen LogP contribution in [0, 0.1) is 6.92 Å². The van der Waals surface area contributed by atoms with Crippen molar-refractivity contribution in [3.05, 3.63) is 11.7 Å². The van der Waals surface area contributed by atoms with E-state index in [-0.39, 0.29) is 0 Å². The number of nitrogens with one attached hydrogen (secondary N) is 1. The molecule has 96 valence electrons. The summed E-state index contributed by atoms with van der Waals surface area (Å²) in [5, 5.41) is 7.13. The molecule has 1 fully saturated rings. The molecule has 0 amide bonds. The Morgan fingerprint density at radius 3 is 2.82 bits per heavy atom. The van der Waals surface area contributed by atoms with E-state index in [9.17, 15) is 0 Å².